The van der Waals surface area contributed by atoms with Gasteiger partial charge in [0.1, 0.15) is 0 Å². The third kappa shape index (κ3) is 3.27. The summed E-state index contributed by atoms with van der Waals surface area (Å²) < 4.78 is 0. The summed E-state index contributed by atoms with van der Waals surface area (Å²) in [5.41, 5.74) is 8.63. The van der Waals surface area contributed by atoms with Gasteiger partial charge in [-0.15, -0.1) is 0 Å². The molecule has 0 bridgehead atoms. The van der Waals surface area contributed by atoms with Crippen molar-refractivity contribution >= 4 is 5.69 Å². The molecule has 1 fully saturated rings. The van der Waals surface area contributed by atoms with Gasteiger partial charge in [-0.25, -0.2) is 0 Å². The monoisotopic (exact) mass is 261 g/mol. The molecule has 1 aliphatic heterocycles. The van der Waals surface area contributed by atoms with Crippen LogP contribution in [0.4, 0.5) is 5.69 Å². The topological polar surface area (TPSA) is 42.1 Å². The molecule has 19 heavy (non-hydrogen) atoms. The summed E-state index contributed by atoms with van der Waals surface area (Å²) in [4.78, 5) is 6.96. The molecule has 3 heteroatoms. The lowest BCUT2D eigenvalue weighted by Gasteiger charge is -2.27. The first-order valence-electron chi connectivity index (χ1n) is 7.38. The molecule has 1 saturated heterocycles. The van der Waals surface area contributed by atoms with Gasteiger partial charge in [0.05, 0.1) is 17.6 Å². The predicted octanol–water partition coefficient (Wildman–Crippen LogP) is 3.36. The molecular formula is C16H27N3. The number of nitrogens with two attached hydrogens (primary N) is 1. The van der Waals surface area contributed by atoms with Crippen LogP contribution in [0, 0.1) is 11.3 Å². The van der Waals surface area contributed by atoms with E-state index in [1.807, 2.05) is 6.20 Å². The molecule has 2 N–H and O–H groups in total. The van der Waals surface area contributed by atoms with Gasteiger partial charge in [-0.3, -0.25) is 4.98 Å². The maximum Gasteiger partial charge on any atom is 0.0572 e. The fraction of sp³-hybridized carbons (Fsp3) is 0.688. The van der Waals surface area contributed by atoms with Crippen LogP contribution in [-0.4, -0.2) is 18.1 Å². The summed E-state index contributed by atoms with van der Waals surface area (Å²) in [6, 6.07) is 4.31. The van der Waals surface area contributed by atoms with Gasteiger partial charge in [0.25, 0.3) is 0 Å². The van der Waals surface area contributed by atoms with Crippen LogP contribution < -0.4 is 10.6 Å². The van der Waals surface area contributed by atoms with Crippen LogP contribution in [-0.2, 0) is 0 Å². The van der Waals surface area contributed by atoms with Crippen LogP contribution in [0.15, 0.2) is 18.3 Å². The van der Waals surface area contributed by atoms with Gasteiger partial charge in [0.2, 0.25) is 0 Å². The van der Waals surface area contributed by atoms with Gasteiger partial charge in [0, 0.05) is 19.1 Å². The molecule has 1 aromatic rings. The molecule has 0 amide bonds. The van der Waals surface area contributed by atoms with E-state index in [-0.39, 0.29) is 6.04 Å². The SMILES string of the molecule is CC[C@@H](N)c1ccc(N2CCC(C(C)(C)C)C2)cn1. The second-order valence-corrected chi connectivity index (χ2v) is 6.75. The van der Waals surface area contributed by atoms with Crippen LogP contribution in [0.5, 0.6) is 0 Å². The first-order valence-corrected chi connectivity index (χ1v) is 7.38. The average molecular weight is 261 g/mol. The number of nitrogens with zero attached hydrogens (tertiary/aromatic N) is 2. The van der Waals surface area contributed by atoms with Crippen LogP contribution in [0.3, 0.4) is 0 Å². The van der Waals surface area contributed by atoms with Crippen LogP contribution >= 0.6 is 0 Å². The number of anilines is 1. The smallest absolute Gasteiger partial charge is 0.0572 e. The zero-order chi connectivity index (χ0) is 14.0. The van der Waals surface area contributed by atoms with Crippen molar-refractivity contribution in [2.45, 2.75) is 46.6 Å². The normalized spacial score (nSPS) is 21.7. The molecule has 2 rings (SSSR count). The van der Waals surface area contributed by atoms with Crippen molar-refractivity contribution in [1.82, 2.24) is 4.98 Å². The van der Waals surface area contributed by atoms with Gasteiger partial charge in [-0.2, -0.15) is 0 Å². The molecule has 1 unspecified atom stereocenters. The van der Waals surface area contributed by atoms with E-state index in [4.69, 9.17) is 5.73 Å². The Hall–Kier alpha value is -1.09. The summed E-state index contributed by atoms with van der Waals surface area (Å²) in [6.45, 7) is 11.4. The van der Waals surface area contributed by atoms with Crippen molar-refractivity contribution in [3.05, 3.63) is 24.0 Å². The molecule has 106 valence electrons. The van der Waals surface area contributed by atoms with E-state index < -0.39 is 0 Å². The van der Waals surface area contributed by atoms with Crippen LogP contribution in [0.1, 0.15) is 52.3 Å². The minimum atomic E-state index is 0.0648. The highest BCUT2D eigenvalue weighted by molar-refractivity contribution is 5.46. The molecule has 0 spiro atoms. The van der Waals surface area contributed by atoms with Crippen molar-refractivity contribution in [3.8, 4) is 0 Å². The highest BCUT2D eigenvalue weighted by Gasteiger charge is 2.31. The Bertz CT molecular complexity index is 405. The molecule has 0 saturated carbocycles. The summed E-state index contributed by atoms with van der Waals surface area (Å²) >= 11 is 0. The van der Waals surface area contributed by atoms with Crippen molar-refractivity contribution in [1.29, 1.82) is 0 Å². The largest absolute Gasteiger partial charge is 0.370 e. The van der Waals surface area contributed by atoms with E-state index in [0.717, 1.165) is 31.1 Å². The van der Waals surface area contributed by atoms with Crippen molar-refractivity contribution in [2.24, 2.45) is 17.1 Å². The zero-order valence-electron chi connectivity index (χ0n) is 12.7. The minimum absolute atomic E-state index is 0.0648. The number of hydrogen-bond acceptors (Lipinski definition) is 3. The zero-order valence-corrected chi connectivity index (χ0v) is 12.7. The Balaban J connectivity index is 2.04. The summed E-state index contributed by atoms with van der Waals surface area (Å²) in [5, 5.41) is 0. The standard InChI is InChI=1S/C16H27N3/c1-5-14(17)15-7-6-13(10-18-15)19-9-8-12(11-19)16(2,3)4/h6-7,10,12,14H,5,8-9,11,17H2,1-4H3/t12?,14-/m1/s1. The lowest BCUT2D eigenvalue weighted by molar-refractivity contribution is 0.263. The number of rotatable bonds is 3. The summed E-state index contributed by atoms with van der Waals surface area (Å²) in [5.74, 6) is 0.769. The molecule has 0 aliphatic carbocycles. The van der Waals surface area contributed by atoms with Crippen molar-refractivity contribution < 1.29 is 0 Å². The van der Waals surface area contributed by atoms with Gasteiger partial charge >= 0.3 is 0 Å². The molecule has 0 aromatic carbocycles. The first-order chi connectivity index (χ1) is 8.91. The fourth-order valence-electron chi connectivity index (χ4n) is 2.71. The Morgan fingerprint density at radius 3 is 2.63 bits per heavy atom. The van der Waals surface area contributed by atoms with Crippen LogP contribution in [0.25, 0.3) is 0 Å². The van der Waals surface area contributed by atoms with Gasteiger partial charge in [0.15, 0.2) is 0 Å². The maximum absolute atomic E-state index is 6.00. The lowest BCUT2D eigenvalue weighted by atomic mass is 9.80. The third-order valence-electron chi connectivity index (χ3n) is 4.37. The van der Waals surface area contributed by atoms with Crippen molar-refractivity contribution in [2.75, 3.05) is 18.0 Å². The lowest BCUT2D eigenvalue weighted by Crippen LogP contribution is -2.26. The van der Waals surface area contributed by atoms with E-state index in [9.17, 15) is 0 Å². The van der Waals surface area contributed by atoms with Gasteiger partial charge in [-0.1, -0.05) is 27.7 Å². The Morgan fingerprint density at radius 2 is 2.16 bits per heavy atom. The Labute approximate surface area is 117 Å². The van der Waals surface area contributed by atoms with E-state index in [2.05, 4.69) is 49.7 Å². The highest BCUT2D eigenvalue weighted by Crippen LogP contribution is 2.35. The first kappa shape index (κ1) is 14.3. The number of hydrogen-bond donors (Lipinski definition) is 1. The Morgan fingerprint density at radius 1 is 1.42 bits per heavy atom. The quantitative estimate of drug-likeness (QED) is 0.907. The summed E-state index contributed by atoms with van der Waals surface area (Å²) in [6.07, 6.45) is 4.19. The second kappa shape index (κ2) is 5.49. The van der Waals surface area contributed by atoms with E-state index in [1.165, 1.54) is 12.1 Å². The molecule has 2 heterocycles. The number of pyridine rings is 1. The van der Waals surface area contributed by atoms with E-state index in [0.29, 0.717) is 5.41 Å². The predicted molar refractivity (Wildman–Crippen MR) is 81.2 cm³/mol. The molecule has 3 nitrogen and oxygen atoms in total. The molecule has 1 aliphatic rings. The molecular weight excluding hydrogens is 234 g/mol. The number of aromatic nitrogens is 1. The third-order valence-corrected chi connectivity index (χ3v) is 4.37. The van der Waals surface area contributed by atoms with E-state index in [1.54, 1.807) is 0 Å². The van der Waals surface area contributed by atoms with Crippen molar-refractivity contribution in [3.63, 3.8) is 0 Å². The molecule has 0 radical (unpaired) electrons. The minimum Gasteiger partial charge on any atom is -0.370 e. The van der Waals surface area contributed by atoms with Gasteiger partial charge < -0.3 is 10.6 Å². The van der Waals surface area contributed by atoms with E-state index >= 15 is 0 Å². The highest BCUT2D eigenvalue weighted by atomic mass is 15.2. The average Bonchev–Trinajstić information content (AvgIpc) is 2.87. The second-order valence-electron chi connectivity index (χ2n) is 6.75. The molecule has 2 atom stereocenters. The fourth-order valence-corrected chi connectivity index (χ4v) is 2.71. The Kier molecular flexibility index (Phi) is 4.14. The molecule has 1 aromatic heterocycles. The maximum atomic E-state index is 6.00. The van der Waals surface area contributed by atoms with Crippen LogP contribution in [0.2, 0.25) is 0 Å². The summed E-state index contributed by atoms with van der Waals surface area (Å²) in [7, 11) is 0. The van der Waals surface area contributed by atoms with Gasteiger partial charge in [-0.05, 0) is 36.3 Å².